The number of benzene rings is 9. The summed E-state index contributed by atoms with van der Waals surface area (Å²) < 4.78 is 155. The number of carbonyl (C=O) groups excluding carboxylic acids is 2. The molecule has 0 N–H and O–H groups in total. The largest absolute Gasteiger partial charge is 0.860 e. The molecule has 0 bridgehead atoms. The molecule has 0 spiro atoms. The minimum Gasteiger partial charge on any atom is -0.860 e. The van der Waals surface area contributed by atoms with Gasteiger partial charge >= 0.3 is 24.7 Å². The Bertz CT molecular complexity index is 3060. The third-order valence-electron chi connectivity index (χ3n) is 12.8. The van der Waals surface area contributed by atoms with Crippen LogP contribution < -0.4 is 46.5 Å². The van der Waals surface area contributed by atoms with Gasteiger partial charge in [0.1, 0.15) is 66.0 Å². The lowest BCUT2D eigenvalue weighted by atomic mass is 10.1. The molecule has 0 aliphatic heterocycles. The van der Waals surface area contributed by atoms with Gasteiger partial charge in [0.25, 0.3) is 0 Å². The van der Waals surface area contributed by atoms with Crippen LogP contribution in [0.2, 0.25) is 0 Å². The monoisotopic (exact) mass is 1170 g/mol. The van der Waals surface area contributed by atoms with Crippen LogP contribution in [0.3, 0.4) is 0 Å². The van der Waals surface area contributed by atoms with Crippen molar-refractivity contribution in [1.82, 2.24) is 0 Å². The summed E-state index contributed by atoms with van der Waals surface area (Å²) in [5.41, 5.74) is -4.27. The first-order chi connectivity index (χ1) is 38.8. The highest BCUT2D eigenvalue weighted by atomic mass is 31.2. The maximum absolute atomic E-state index is 13.5. The average Bonchev–Trinajstić information content (AvgIpc) is 3.51. The molecule has 9 aromatic carbocycles. The Balaban J connectivity index is 0.000000185. The summed E-state index contributed by atoms with van der Waals surface area (Å²) in [5, 5.41) is 26.5. The fourth-order valence-corrected chi connectivity index (χ4v) is 17.1. The minimum absolute atomic E-state index is 0.141. The molecule has 0 atom stereocenters. The fraction of sp³-hybridized carbons (Fsp3) is 0.0968. The van der Waals surface area contributed by atoms with E-state index in [1.165, 1.54) is 24.3 Å². The quantitative estimate of drug-likeness (QED) is 0.0468. The zero-order valence-corrected chi connectivity index (χ0v) is 44.4. The lowest BCUT2D eigenvalue weighted by Gasteiger charge is -2.27. The number of alkyl halides is 12. The van der Waals surface area contributed by atoms with Crippen molar-refractivity contribution in [2.24, 2.45) is 0 Å². The van der Waals surface area contributed by atoms with Crippen LogP contribution in [0, 0.1) is 0 Å². The summed E-state index contributed by atoms with van der Waals surface area (Å²) in [4.78, 5) is 27.0. The maximum atomic E-state index is 13.5. The van der Waals surface area contributed by atoms with Crippen LogP contribution in [0.15, 0.2) is 249 Å². The lowest BCUT2D eigenvalue weighted by Crippen LogP contribution is -2.50. The molecular formula is C62H45BF12O5P2. The van der Waals surface area contributed by atoms with E-state index in [0.29, 0.717) is 0 Å². The van der Waals surface area contributed by atoms with Crippen LogP contribution in [0.5, 0.6) is 5.75 Å². The second-order valence-electron chi connectivity index (χ2n) is 18.1. The number of carbonyl (C=O) groups is 2. The molecule has 0 saturated carbocycles. The molecular weight excluding hydrogens is 1130 g/mol. The van der Waals surface area contributed by atoms with E-state index in [9.17, 15) is 72.3 Å². The Morgan fingerprint density at radius 3 is 0.744 bits per heavy atom. The molecule has 0 radical (unpaired) electrons. The average molecular weight is 1170 g/mol. The molecule has 420 valence electrons. The molecule has 9 aromatic rings. The van der Waals surface area contributed by atoms with E-state index in [0.717, 1.165) is 56.1 Å². The molecule has 0 unspecified atom stereocenters. The van der Waals surface area contributed by atoms with Crippen LogP contribution in [-0.4, -0.2) is 31.2 Å². The first-order valence-electron chi connectivity index (χ1n) is 24.6. The molecule has 82 heavy (non-hydrogen) atoms. The van der Waals surface area contributed by atoms with Gasteiger partial charge < -0.3 is 14.7 Å². The summed E-state index contributed by atoms with van der Waals surface area (Å²) in [6, 6.07) is 68.7. The topological polar surface area (TPSA) is 89.5 Å². The zero-order valence-electron chi connectivity index (χ0n) is 42.6. The standard InChI is InChI=1S/2C27H21F3OP.C8H3BF6O3/c2*28-27(29,30)22-18-16-21(17-19-22)26(31)20-32(23-10-4-1-5-11-23,24-12-6-2-7-13-24)25-14-8-3-9-15-25;10-7(11,12)4-1-5(8(13,14)15)3-6(2-4)18-9(16)17/h2*1-19H,20H2;1-3H/q2*+1;-2. The summed E-state index contributed by atoms with van der Waals surface area (Å²) in [6.45, 7) is 0. The zero-order chi connectivity index (χ0) is 59.4. The van der Waals surface area contributed by atoms with E-state index in [-0.39, 0.29) is 53.2 Å². The Morgan fingerprint density at radius 1 is 0.329 bits per heavy atom. The van der Waals surface area contributed by atoms with E-state index in [4.69, 9.17) is 0 Å². The first kappa shape index (κ1) is 61.7. The van der Waals surface area contributed by atoms with Crippen LogP contribution in [0.1, 0.15) is 43.0 Å². The third-order valence-corrected chi connectivity index (χ3v) is 21.4. The second kappa shape index (κ2) is 26.4. The molecule has 0 fully saturated rings. The van der Waals surface area contributed by atoms with Crippen molar-refractivity contribution in [3.8, 4) is 5.75 Å². The molecule has 9 rings (SSSR count). The first-order valence-corrected chi connectivity index (χ1v) is 28.6. The molecule has 5 nitrogen and oxygen atoms in total. The van der Waals surface area contributed by atoms with Crippen LogP contribution >= 0.6 is 14.5 Å². The molecule has 20 heteroatoms. The Kier molecular flexibility index (Phi) is 19.8. The second-order valence-corrected chi connectivity index (χ2v) is 25.1. The summed E-state index contributed by atoms with van der Waals surface area (Å²) >= 11 is 0. The highest BCUT2D eigenvalue weighted by Crippen LogP contribution is 2.57. The van der Waals surface area contributed by atoms with Gasteiger partial charge in [-0.25, -0.2) is 0 Å². The normalized spacial score (nSPS) is 12.0. The van der Waals surface area contributed by atoms with Gasteiger partial charge in [-0.05, 0) is 115 Å². The molecule has 0 heterocycles. The van der Waals surface area contributed by atoms with Gasteiger partial charge in [0.2, 0.25) is 11.6 Å². The number of rotatable bonds is 14. The van der Waals surface area contributed by atoms with Gasteiger partial charge in [-0.2, -0.15) is 52.7 Å². The Morgan fingerprint density at radius 2 is 0.549 bits per heavy atom. The van der Waals surface area contributed by atoms with Crippen molar-refractivity contribution in [3.05, 3.63) is 282 Å². The lowest BCUT2D eigenvalue weighted by molar-refractivity contribution is -0.372. The Hall–Kier alpha value is -7.88. The molecule has 0 aliphatic carbocycles. The van der Waals surface area contributed by atoms with E-state index < -0.39 is 74.6 Å². The van der Waals surface area contributed by atoms with Gasteiger partial charge in [0.15, 0.2) is 0 Å². The van der Waals surface area contributed by atoms with Crippen molar-refractivity contribution in [1.29, 1.82) is 0 Å². The van der Waals surface area contributed by atoms with Gasteiger partial charge in [-0.3, -0.25) is 9.59 Å². The number of hydrogen-bond acceptors (Lipinski definition) is 5. The molecule has 0 amide bonds. The van der Waals surface area contributed by atoms with Gasteiger partial charge in [-0.1, -0.05) is 133 Å². The SMILES string of the molecule is O=C(C[P+](c1ccccc1)(c1ccccc1)c1ccccc1)c1ccc(C(F)(F)F)cc1.O=C(C[P+](c1ccccc1)(c1ccccc1)c1ccccc1)c1ccc(C(F)(F)F)cc1.[O-]B([O-])Oc1cc(C(F)(F)F)cc(C(F)(F)F)c1. The van der Waals surface area contributed by atoms with Crippen molar-refractivity contribution in [3.63, 3.8) is 0 Å². The predicted molar refractivity (Wildman–Crippen MR) is 294 cm³/mol. The van der Waals surface area contributed by atoms with Crippen molar-refractivity contribution in [2.45, 2.75) is 24.7 Å². The maximum Gasteiger partial charge on any atom is 0.416 e. The number of ketones is 2. The predicted octanol–water partition coefficient (Wildman–Crippen LogP) is 12.6. The molecule has 0 aromatic heterocycles. The summed E-state index contributed by atoms with van der Waals surface area (Å²) in [5.74, 6) is -1.43. The van der Waals surface area contributed by atoms with Crippen LogP contribution in [-0.2, 0) is 24.7 Å². The smallest absolute Gasteiger partial charge is 0.416 e. The fourth-order valence-electron chi connectivity index (χ4n) is 8.95. The number of Topliss-reactive ketones (excluding diaryl/α,β-unsaturated/α-hetero) is 2. The molecule has 0 saturated heterocycles. The van der Waals surface area contributed by atoms with Gasteiger partial charge in [0, 0.05) is 11.1 Å². The van der Waals surface area contributed by atoms with E-state index >= 15 is 0 Å². The minimum atomic E-state index is -5.05. The third kappa shape index (κ3) is 15.4. The van der Waals surface area contributed by atoms with E-state index in [2.05, 4.69) is 4.65 Å². The van der Waals surface area contributed by atoms with Crippen molar-refractivity contribution in [2.75, 3.05) is 12.3 Å². The number of hydrogen-bond donors (Lipinski definition) is 0. The van der Waals surface area contributed by atoms with Crippen molar-refractivity contribution < 1.29 is 77.0 Å². The molecule has 0 aliphatic rings. The Labute approximate surface area is 465 Å². The summed E-state index contributed by atoms with van der Waals surface area (Å²) in [6.07, 6.45) is -18.6. The highest BCUT2D eigenvalue weighted by Gasteiger charge is 2.49. The van der Waals surface area contributed by atoms with E-state index in [1.54, 1.807) is 0 Å². The van der Waals surface area contributed by atoms with E-state index in [1.807, 2.05) is 182 Å². The highest BCUT2D eigenvalue weighted by molar-refractivity contribution is 7.96. The number of halogens is 12. The van der Waals surface area contributed by atoms with Crippen LogP contribution in [0.4, 0.5) is 52.7 Å². The van der Waals surface area contributed by atoms with Gasteiger partial charge in [-0.15, -0.1) is 0 Å². The van der Waals surface area contributed by atoms with Crippen LogP contribution in [0.25, 0.3) is 0 Å². The van der Waals surface area contributed by atoms with Gasteiger partial charge in [0.05, 0.1) is 28.0 Å². The summed E-state index contributed by atoms with van der Waals surface area (Å²) in [7, 11) is -7.80. The van der Waals surface area contributed by atoms with Crippen molar-refractivity contribution >= 4 is 65.2 Å².